The molecule has 0 aromatic heterocycles. The summed E-state index contributed by atoms with van der Waals surface area (Å²) in [5, 5.41) is 0. The van der Waals surface area contributed by atoms with E-state index >= 15 is 0 Å². The Balaban J connectivity index is 2.40. The molecule has 1 unspecified atom stereocenters. The van der Waals surface area contributed by atoms with Gasteiger partial charge in [-0.15, -0.1) is 0 Å². The monoisotopic (exact) mass is 331 g/mol. The van der Waals surface area contributed by atoms with Gasteiger partial charge in [0.15, 0.2) is 5.78 Å². The second-order valence-electron chi connectivity index (χ2n) is 6.08. The molecule has 24 heavy (non-hydrogen) atoms. The van der Waals surface area contributed by atoms with Gasteiger partial charge in [0, 0.05) is 12.6 Å². The molecule has 0 fully saturated rings. The van der Waals surface area contributed by atoms with Crippen LogP contribution in [0.15, 0.2) is 36.5 Å². The first kappa shape index (κ1) is 18.0. The zero-order valence-corrected chi connectivity index (χ0v) is 14.7. The summed E-state index contributed by atoms with van der Waals surface area (Å²) in [6.07, 6.45) is 4.45. The summed E-state index contributed by atoms with van der Waals surface area (Å²) in [6, 6.07) is 7.00. The first-order chi connectivity index (χ1) is 11.5. The van der Waals surface area contributed by atoms with Gasteiger partial charge in [0.1, 0.15) is 11.8 Å². The number of hydrogen-bond acceptors (Lipinski definition) is 5. The number of benzene rings is 1. The van der Waals surface area contributed by atoms with Crippen molar-refractivity contribution < 1.29 is 19.1 Å². The highest BCUT2D eigenvalue weighted by Gasteiger charge is 2.36. The van der Waals surface area contributed by atoms with Crippen LogP contribution in [0.4, 0.5) is 0 Å². The van der Waals surface area contributed by atoms with E-state index in [1.54, 1.807) is 19.4 Å². The molecule has 2 rings (SSSR count). The van der Waals surface area contributed by atoms with Gasteiger partial charge in [-0.3, -0.25) is 4.79 Å². The lowest BCUT2D eigenvalue weighted by molar-refractivity contribution is -0.149. The Hall–Kier alpha value is -2.30. The highest BCUT2D eigenvalue weighted by Crippen LogP contribution is 2.34. The van der Waals surface area contributed by atoms with Gasteiger partial charge in [0.25, 0.3) is 0 Å². The summed E-state index contributed by atoms with van der Waals surface area (Å²) in [5.74, 6) is 0.646. The third-order valence-electron chi connectivity index (χ3n) is 4.63. The van der Waals surface area contributed by atoms with Crippen molar-refractivity contribution in [2.24, 2.45) is 5.92 Å². The lowest BCUT2D eigenvalue weighted by Crippen LogP contribution is -2.46. The van der Waals surface area contributed by atoms with Crippen LogP contribution in [0.5, 0.6) is 5.75 Å². The Labute approximate surface area is 143 Å². The molecule has 0 aliphatic carbocycles. The molecule has 5 nitrogen and oxygen atoms in total. The van der Waals surface area contributed by atoms with E-state index in [0.29, 0.717) is 6.42 Å². The number of ketones is 1. The molecule has 0 saturated heterocycles. The number of rotatable bonds is 6. The number of ether oxygens (including phenoxy) is 2. The van der Waals surface area contributed by atoms with Crippen molar-refractivity contribution in [1.82, 2.24) is 4.90 Å². The van der Waals surface area contributed by atoms with Crippen LogP contribution in [0.2, 0.25) is 0 Å². The molecule has 5 heteroatoms. The van der Waals surface area contributed by atoms with Crippen LogP contribution < -0.4 is 4.74 Å². The number of carbonyl (C=O) groups is 2. The summed E-state index contributed by atoms with van der Waals surface area (Å²) in [7, 11) is 3.02. The summed E-state index contributed by atoms with van der Waals surface area (Å²) in [6.45, 7) is 4.07. The second kappa shape index (κ2) is 7.99. The quantitative estimate of drug-likeness (QED) is 0.750. The van der Waals surface area contributed by atoms with Gasteiger partial charge in [-0.1, -0.05) is 32.4 Å². The molecule has 1 aromatic rings. The third-order valence-corrected chi connectivity index (χ3v) is 4.63. The van der Waals surface area contributed by atoms with E-state index in [0.717, 1.165) is 17.7 Å². The predicted molar refractivity (Wildman–Crippen MR) is 91.6 cm³/mol. The maximum atomic E-state index is 12.4. The van der Waals surface area contributed by atoms with Gasteiger partial charge >= 0.3 is 5.97 Å². The fraction of sp³-hybridized carbons (Fsp3) is 0.474. The molecular formula is C19H25NO4. The molecule has 0 bridgehead atoms. The molecule has 3 atom stereocenters. The highest BCUT2D eigenvalue weighted by molar-refractivity contribution is 5.91. The largest absolute Gasteiger partial charge is 0.497 e. The number of esters is 1. The number of hydrogen-bond donors (Lipinski definition) is 0. The Morgan fingerprint density at radius 3 is 2.50 bits per heavy atom. The molecule has 0 radical (unpaired) electrons. The van der Waals surface area contributed by atoms with E-state index in [2.05, 4.69) is 0 Å². The van der Waals surface area contributed by atoms with Crippen molar-refractivity contribution in [3.8, 4) is 5.75 Å². The Morgan fingerprint density at radius 1 is 1.29 bits per heavy atom. The zero-order chi connectivity index (χ0) is 17.7. The SMILES string of the molecule is CCC(C)[C@@H](C(=O)OC)N1C=CC(=O)C[C@@H]1c1ccc(OC)cc1. The minimum Gasteiger partial charge on any atom is -0.497 e. The zero-order valence-electron chi connectivity index (χ0n) is 14.7. The smallest absolute Gasteiger partial charge is 0.328 e. The van der Waals surface area contributed by atoms with E-state index < -0.39 is 6.04 Å². The lowest BCUT2D eigenvalue weighted by Gasteiger charge is -2.40. The van der Waals surface area contributed by atoms with Crippen molar-refractivity contribution in [2.75, 3.05) is 14.2 Å². The minimum absolute atomic E-state index is 0.0554. The van der Waals surface area contributed by atoms with Gasteiger partial charge in [-0.2, -0.15) is 0 Å². The molecule has 130 valence electrons. The molecule has 1 aliphatic heterocycles. The summed E-state index contributed by atoms with van der Waals surface area (Å²) in [5.41, 5.74) is 0.978. The fourth-order valence-electron chi connectivity index (χ4n) is 3.03. The third kappa shape index (κ3) is 3.78. The Bertz CT molecular complexity index is 608. The molecule has 1 aliphatic rings. The fourth-order valence-corrected chi connectivity index (χ4v) is 3.03. The standard InChI is InChI=1S/C19H25NO4/c1-5-13(2)18(19(22)24-4)20-11-10-15(21)12-17(20)14-6-8-16(23-3)9-7-14/h6-11,13,17-18H,5,12H2,1-4H3/t13?,17-,18+/m1/s1. The maximum absolute atomic E-state index is 12.4. The predicted octanol–water partition coefficient (Wildman–Crippen LogP) is 3.11. The first-order valence-corrected chi connectivity index (χ1v) is 8.22. The maximum Gasteiger partial charge on any atom is 0.328 e. The number of carbonyl (C=O) groups excluding carboxylic acids is 2. The van der Waals surface area contributed by atoms with Crippen LogP contribution in [-0.2, 0) is 14.3 Å². The molecule has 0 amide bonds. The molecule has 0 spiro atoms. The van der Waals surface area contributed by atoms with Crippen LogP contribution >= 0.6 is 0 Å². The average Bonchev–Trinajstić information content (AvgIpc) is 2.62. The van der Waals surface area contributed by atoms with Crippen molar-refractivity contribution >= 4 is 11.8 Å². The molecular weight excluding hydrogens is 306 g/mol. The molecule has 1 aromatic carbocycles. The van der Waals surface area contributed by atoms with Gasteiger partial charge < -0.3 is 14.4 Å². The normalized spacial score (nSPS) is 19.8. The average molecular weight is 331 g/mol. The minimum atomic E-state index is -0.420. The summed E-state index contributed by atoms with van der Waals surface area (Å²) in [4.78, 5) is 26.3. The van der Waals surface area contributed by atoms with E-state index in [-0.39, 0.29) is 23.7 Å². The molecule has 1 heterocycles. The Morgan fingerprint density at radius 2 is 1.96 bits per heavy atom. The first-order valence-electron chi connectivity index (χ1n) is 8.22. The number of allylic oxidation sites excluding steroid dienone is 1. The van der Waals surface area contributed by atoms with E-state index in [1.807, 2.05) is 43.0 Å². The van der Waals surface area contributed by atoms with Crippen molar-refractivity contribution in [3.63, 3.8) is 0 Å². The lowest BCUT2D eigenvalue weighted by atomic mass is 9.90. The van der Waals surface area contributed by atoms with Gasteiger partial charge in [0.05, 0.1) is 20.3 Å². The Kier molecular flexibility index (Phi) is 6.01. The van der Waals surface area contributed by atoms with Crippen LogP contribution in [0.25, 0.3) is 0 Å². The molecule has 0 N–H and O–H groups in total. The van der Waals surface area contributed by atoms with Crippen LogP contribution in [0, 0.1) is 5.92 Å². The van der Waals surface area contributed by atoms with Gasteiger partial charge in [-0.25, -0.2) is 4.79 Å². The molecule has 0 saturated carbocycles. The van der Waals surface area contributed by atoms with E-state index in [4.69, 9.17) is 9.47 Å². The highest BCUT2D eigenvalue weighted by atomic mass is 16.5. The van der Waals surface area contributed by atoms with E-state index in [9.17, 15) is 9.59 Å². The van der Waals surface area contributed by atoms with Crippen LogP contribution in [0.3, 0.4) is 0 Å². The topological polar surface area (TPSA) is 55.8 Å². The number of nitrogens with zero attached hydrogens (tertiary/aromatic N) is 1. The summed E-state index contributed by atoms with van der Waals surface area (Å²) >= 11 is 0. The van der Waals surface area contributed by atoms with Crippen LogP contribution in [-0.4, -0.2) is 36.9 Å². The van der Waals surface area contributed by atoms with Crippen molar-refractivity contribution in [1.29, 1.82) is 0 Å². The van der Waals surface area contributed by atoms with Crippen LogP contribution in [0.1, 0.15) is 38.3 Å². The van der Waals surface area contributed by atoms with E-state index in [1.165, 1.54) is 7.11 Å². The van der Waals surface area contributed by atoms with Gasteiger partial charge in [-0.05, 0) is 29.7 Å². The summed E-state index contributed by atoms with van der Waals surface area (Å²) < 4.78 is 10.2. The second-order valence-corrected chi connectivity index (χ2v) is 6.08. The van der Waals surface area contributed by atoms with Crippen molar-refractivity contribution in [2.45, 2.75) is 38.8 Å². The van der Waals surface area contributed by atoms with Gasteiger partial charge in [0.2, 0.25) is 0 Å². The van der Waals surface area contributed by atoms with Crippen molar-refractivity contribution in [3.05, 3.63) is 42.1 Å². The number of methoxy groups -OCH3 is 2.